The van der Waals surface area contributed by atoms with Crippen LogP contribution in [-0.2, 0) is 10.3 Å². The summed E-state index contributed by atoms with van der Waals surface area (Å²) in [6.07, 6.45) is 0. The van der Waals surface area contributed by atoms with E-state index in [1.165, 1.54) is 0 Å². The third-order valence-electron chi connectivity index (χ3n) is 2.93. The number of benzene rings is 1. The lowest BCUT2D eigenvalue weighted by atomic mass is 9.98. The van der Waals surface area contributed by atoms with Crippen molar-refractivity contribution in [3.05, 3.63) is 23.3 Å². The summed E-state index contributed by atoms with van der Waals surface area (Å²) in [6.45, 7) is 4.82. The number of hydrogen-bond donors (Lipinski definition) is 0. The molecule has 82 valence electrons. The fraction of sp³-hybridized carbons (Fsp3) is 0.500. The first-order chi connectivity index (χ1) is 7.12. The fourth-order valence-electron chi connectivity index (χ4n) is 1.84. The highest BCUT2D eigenvalue weighted by molar-refractivity contribution is 5.52. The number of hydrogen-bond acceptors (Lipinski definition) is 3. The van der Waals surface area contributed by atoms with Gasteiger partial charge in [0.2, 0.25) is 0 Å². The Morgan fingerprint density at radius 2 is 1.93 bits per heavy atom. The molecule has 0 bridgehead atoms. The number of methoxy groups -OCH3 is 2. The van der Waals surface area contributed by atoms with E-state index in [-0.39, 0.29) is 5.60 Å². The average Bonchev–Trinajstić information content (AvgIpc) is 2.97. The van der Waals surface area contributed by atoms with Crippen molar-refractivity contribution in [1.82, 2.24) is 0 Å². The van der Waals surface area contributed by atoms with Gasteiger partial charge >= 0.3 is 0 Å². The zero-order valence-electron chi connectivity index (χ0n) is 9.59. The largest absolute Gasteiger partial charge is 0.496 e. The molecule has 1 unspecified atom stereocenters. The van der Waals surface area contributed by atoms with Gasteiger partial charge in [-0.05, 0) is 26.0 Å². The maximum Gasteiger partial charge on any atom is 0.131 e. The van der Waals surface area contributed by atoms with Gasteiger partial charge in [0.1, 0.15) is 17.1 Å². The lowest BCUT2D eigenvalue weighted by Crippen LogP contribution is -2.06. The van der Waals surface area contributed by atoms with Crippen molar-refractivity contribution in [3.8, 4) is 11.5 Å². The number of epoxide rings is 1. The third-order valence-corrected chi connectivity index (χ3v) is 2.93. The molecule has 1 saturated heterocycles. The Morgan fingerprint density at radius 3 is 2.40 bits per heavy atom. The molecule has 0 spiro atoms. The SMILES string of the molecule is COc1ccc(C2(C)CO2)c(OC)c1C. The summed E-state index contributed by atoms with van der Waals surface area (Å²) in [7, 11) is 3.34. The Bertz CT molecular complexity index is 381. The van der Waals surface area contributed by atoms with Crippen molar-refractivity contribution < 1.29 is 14.2 Å². The Morgan fingerprint density at radius 1 is 1.27 bits per heavy atom. The molecule has 3 heteroatoms. The van der Waals surface area contributed by atoms with Gasteiger partial charge in [0, 0.05) is 11.1 Å². The van der Waals surface area contributed by atoms with E-state index in [0.29, 0.717) is 0 Å². The van der Waals surface area contributed by atoms with Crippen molar-refractivity contribution in [2.24, 2.45) is 0 Å². The second-order valence-corrected chi connectivity index (χ2v) is 3.99. The van der Waals surface area contributed by atoms with Gasteiger partial charge in [-0.25, -0.2) is 0 Å². The minimum absolute atomic E-state index is 0.164. The molecule has 0 saturated carbocycles. The molecule has 15 heavy (non-hydrogen) atoms. The molecule has 0 amide bonds. The molecule has 0 aliphatic carbocycles. The van der Waals surface area contributed by atoms with E-state index in [1.807, 2.05) is 19.1 Å². The lowest BCUT2D eigenvalue weighted by Gasteiger charge is -2.16. The standard InChI is InChI=1S/C12H16O3/c1-8-10(13-3)6-5-9(11(8)14-4)12(2)7-15-12/h5-6H,7H2,1-4H3. The summed E-state index contributed by atoms with van der Waals surface area (Å²) in [6, 6.07) is 3.97. The normalized spacial score (nSPS) is 23.7. The van der Waals surface area contributed by atoms with E-state index in [0.717, 1.165) is 29.2 Å². The molecule has 1 fully saturated rings. The number of rotatable bonds is 3. The monoisotopic (exact) mass is 208 g/mol. The highest BCUT2D eigenvalue weighted by Crippen LogP contribution is 2.45. The molecule has 1 aromatic rings. The summed E-state index contributed by atoms with van der Waals surface area (Å²) in [5.74, 6) is 1.72. The molecule has 1 aromatic carbocycles. The first-order valence-corrected chi connectivity index (χ1v) is 4.98. The summed E-state index contributed by atoms with van der Waals surface area (Å²) in [5, 5.41) is 0. The predicted molar refractivity (Wildman–Crippen MR) is 57.6 cm³/mol. The Kier molecular flexibility index (Phi) is 2.35. The highest BCUT2D eigenvalue weighted by atomic mass is 16.6. The van der Waals surface area contributed by atoms with Crippen LogP contribution in [0.5, 0.6) is 11.5 Å². The molecular weight excluding hydrogens is 192 g/mol. The van der Waals surface area contributed by atoms with Crippen LogP contribution in [0.15, 0.2) is 12.1 Å². The molecule has 0 N–H and O–H groups in total. The van der Waals surface area contributed by atoms with Gasteiger partial charge in [0.25, 0.3) is 0 Å². The molecular formula is C12H16O3. The summed E-state index contributed by atoms with van der Waals surface area (Å²) < 4.78 is 16.1. The van der Waals surface area contributed by atoms with Gasteiger partial charge in [0.05, 0.1) is 20.8 Å². The maximum atomic E-state index is 5.43. The molecule has 2 rings (SSSR count). The predicted octanol–water partition coefficient (Wildman–Crippen LogP) is 2.26. The van der Waals surface area contributed by atoms with Crippen LogP contribution in [0.2, 0.25) is 0 Å². The van der Waals surface area contributed by atoms with Gasteiger partial charge in [-0.3, -0.25) is 0 Å². The molecule has 1 heterocycles. The van der Waals surface area contributed by atoms with E-state index in [1.54, 1.807) is 14.2 Å². The van der Waals surface area contributed by atoms with E-state index in [9.17, 15) is 0 Å². The minimum Gasteiger partial charge on any atom is -0.496 e. The Labute approximate surface area is 90.0 Å². The zero-order valence-corrected chi connectivity index (χ0v) is 9.59. The quantitative estimate of drug-likeness (QED) is 0.714. The first-order valence-electron chi connectivity index (χ1n) is 4.98. The average molecular weight is 208 g/mol. The van der Waals surface area contributed by atoms with Crippen LogP contribution >= 0.6 is 0 Å². The van der Waals surface area contributed by atoms with Crippen LogP contribution in [0.3, 0.4) is 0 Å². The molecule has 0 aromatic heterocycles. The zero-order chi connectivity index (χ0) is 11.1. The van der Waals surface area contributed by atoms with Gasteiger partial charge in [-0.2, -0.15) is 0 Å². The second-order valence-electron chi connectivity index (χ2n) is 3.99. The van der Waals surface area contributed by atoms with Gasteiger partial charge in [-0.1, -0.05) is 0 Å². The first kappa shape index (κ1) is 10.3. The third kappa shape index (κ3) is 1.57. The van der Waals surface area contributed by atoms with Crippen LogP contribution < -0.4 is 9.47 Å². The van der Waals surface area contributed by atoms with Crippen LogP contribution in [-0.4, -0.2) is 20.8 Å². The van der Waals surface area contributed by atoms with E-state index in [4.69, 9.17) is 14.2 Å². The van der Waals surface area contributed by atoms with E-state index < -0.39 is 0 Å². The molecule has 3 nitrogen and oxygen atoms in total. The van der Waals surface area contributed by atoms with Crippen LogP contribution in [0.1, 0.15) is 18.1 Å². The maximum absolute atomic E-state index is 5.43. The Hall–Kier alpha value is -1.22. The van der Waals surface area contributed by atoms with Gasteiger partial charge in [-0.15, -0.1) is 0 Å². The van der Waals surface area contributed by atoms with Crippen LogP contribution in [0.4, 0.5) is 0 Å². The van der Waals surface area contributed by atoms with Crippen molar-refractivity contribution in [2.45, 2.75) is 19.4 Å². The Balaban J connectivity index is 2.52. The van der Waals surface area contributed by atoms with E-state index in [2.05, 4.69) is 6.92 Å². The number of ether oxygens (including phenoxy) is 3. The molecule has 1 aliphatic heterocycles. The lowest BCUT2D eigenvalue weighted by molar-refractivity contribution is 0.314. The van der Waals surface area contributed by atoms with Crippen LogP contribution in [0, 0.1) is 6.92 Å². The van der Waals surface area contributed by atoms with Crippen molar-refractivity contribution >= 4 is 0 Å². The molecule has 1 atom stereocenters. The van der Waals surface area contributed by atoms with Gasteiger partial charge in [0.15, 0.2) is 0 Å². The van der Waals surface area contributed by atoms with Crippen molar-refractivity contribution in [2.75, 3.05) is 20.8 Å². The molecule has 0 radical (unpaired) electrons. The smallest absolute Gasteiger partial charge is 0.131 e. The second kappa shape index (κ2) is 3.42. The van der Waals surface area contributed by atoms with E-state index >= 15 is 0 Å². The summed E-state index contributed by atoms with van der Waals surface area (Å²) >= 11 is 0. The highest BCUT2D eigenvalue weighted by Gasteiger charge is 2.43. The summed E-state index contributed by atoms with van der Waals surface area (Å²) in [4.78, 5) is 0. The van der Waals surface area contributed by atoms with Crippen molar-refractivity contribution in [1.29, 1.82) is 0 Å². The van der Waals surface area contributed by atoms with Crippen molar-refractivity contribution in [3.63, 3.8) is 0 Å². The minimum atomic E-state index is -0.164. The van der Waals surface area contributed by atoms with Crippen LogP contribution in [0.25, 0.3) is 0 Å². The topological polar surface area (TPSA) is 31.0 Å². The van der Waals surface area contributed by atoms with Gasteiger partial charge < -0.3 is 14.2 Å². The summed E-state index contributed by atoms with van der Waals surface area (Å²) in [5.41, 5.74) is 1.96. The molecule has 1 aliphatic rings. The fourth-order valence-corrected chi connectivity index (χ4v) is 1.84.